The third-order valence-electron chi connectivity index (χ3n) is 3.80. The first-order valence-corrected chi connectivity index (χ1v) is 6.80. The summed E-state index contributed by atoms with van der Waals surface area (Å²) in [5.41, 5.74) is 1.45. The van der Waals surface area contributed by atoms with Gasteiger partial charge in [-0.25, -0.2) is 0 Å². The monoisotopic (exact) mass is 298 g/mol. The lowest BCUT2D eigenvalue weighted by molar-refractivity contribution is -0.481. The summed E-state index contributed by atoms with van der Waals surface area (Å²) >= 11 is 0. The highest BCUT2D eigenvalue weighted by Gasteiger charge is 2.29. The van der Waals surface area contributed by atoms with E-state index in [-0.39, 0.29) is 0 Å². The van der Waals surface area contributed by atoms with Crippen LogP contribution in [-0.4, -0.2) is 29.5 Å². The molecular formula is C16H14N2O4. The molecule has 3 rings (SSSR count). The van der Waals surface area contributed by atoms with Gasteiger partial charge < -0.3 is 9.72 Å². The topological polar surface area (TPSA) is 85.2 Å². The molecular weight excluding hydrogens is 284 g/mol. The largest absolute Gasteiger partial charge is 0.468 e. The number of H-pyrrole nitrogens is 1. The molecule has 1 unspecified atom stereocenters. The van der Waals surface area contributed by atoms with Crippen LogP contribution in [0.15, 0.2) is 42.6 Å². The van der Waals surface area contributed by atoms with E-state index in [0.29, 0.717) is 5.56 Å². The van der Waals surface area contributed by atoms with Gasteiger partial charge in [0.2, 0.25) is 6.54 Å². The number of carbonyl (C=O) groups is 1. The second-order valence-electron chi connectivity index (χ2n) is 5.04. The van der Waals surface area contributed by atoms with E-state index in [1.54, 1.807) is 6.20 Å². The molecule has 6 nitrogen and oxygen atoms in total. The number of esters is 1. The molecule has 1 N–H and O–H groups in total. The van der Waals surface area contributed by atoms with Crippen LogP contribution in [0.5, 0.6) is 0 Å². The highest BCUT2D eigenvalue weighted by atomic mass is 16.6. The first kappa shape index (κ1) is 14.1. The average Bonchev–Trinajstić information content (AvgIpc) is 2.96. The van der Waals surface area contributed by atoms with Crippen LogP contribution in [0, 0.1) is 10.1 Å². The maximum absolute atomic E-state index is 11.9. The molecule has 1 aromatic heterocycles. The van der Waals surface area contributed by atoms with Gasteiger partial charge in [0.05, 0.1) is 12.6 Å². The molecule has 0 amide bonds. The van der Waals surface area contributed by atoms with Crippen LogP contribution in [0.2, 0.25) is 0 Å². The first-order chi connectivity index (χ1) is 10.6. The molecule has 0 spiro atoms. The van der Waals surface area contributed by atoms with Crippen LogP contribution in [0.4, 0.5) is 0 Å². The van der Waals surface area contributed by atoms with Gasteiger partial charge in [-0.1, -0.05) is 36.4 Å². The van der Waals surface area contributed by atoms with Crippen LogP contribution >= 0.6 is 0 Å². The van der Waals surface area contributed by atoms with Crippen molar-refractivity contribution in [2.24, 2.45) is 0 Å². The third kappa shape index (κ3) is 2.28. The fraction of sp³-hybridized carbons (Fsp3) is 0.188. The van der Waals surface area contributed by atoms with Gasteiger partial charge in [-0.3, -0.25) is 14.9 Å². The van der Waals surface area contributed by atoms with Crippen molar-refractivity contribution in [3.05, 3.63) is 58.3 Å². The molecule has 0 bridgehead atoms. The van der Waals surface area contributed by atoms with E-state index in [1.165, 1.54) is 7.11 Å². The van der Waals surface area contributed by atoms with E-state index in [1.807, 2.05) is 36.4 Å². The minimum Gasteiger partial charge on any atom is -0.468 e. The van der Waals surface area contributed by atoms with Crippen molar-refractivity contribution in [3.63, 3.8) is 0 Å². The van der Waals surface area contributed by atoms with Gasteiger partial charge >= 0.3 is 5.97 Å². The summed E-state index contributed by atoms with van der Waals surface area (Å²) in [5, 5.41) is 13.7. The number of nitrogens with zero attached hydrogens (tertiary/aromatic N) is 1. The molecule has 1 heterocycles. The average molecular weight is 298 g/mol. The summed E-state index contributed by atoms with van der Waals surface area (Å²) in [6, 6.07) is 11.6. The lowest BCUT2D eigenvalue weighted by Crippen LogP contribution is -2.22. The van der Waals surface area contributed by atoms with Crippen LogP contribution in [0.25, 0.3) is 21.7 Å². The molecule has 0 saturated carbocycles. The Morgan fingerprint density at radius 3 is 2.77 bits per heavy atom. The molecule has 2 aromatic carbocycles. The summed E-state index contributed by atoms with van der Waals surface area (Å²) in [4.78, 5) is 25.4. The zero-order valence-electron chi connectivity index (χ0n) is 11.9. The maximum atomic E-state index is 11.9. The quantitative estimate of drug-likeness (QED) is 0.456. The fourth-order valence-corrected chi connectivity index (χ4v) is 2.77. The number of rotatable bonds is 4. The predicted molar refractivity (Wildman–Crippen MR) is 82.4 cm³/mol. The van der Waals surface area contributed by atoms with Crippen molar-refractivity contribution >= 4 is 27.6 Å². The van der Waals surface area contributed by atoms with E-state index in [4.69, 9.17) is 4.74 Å². The standard InChI is InChI=1S/C16H14N2O4/c1-22-16(19)14(9-18(20)21)13-8-17-15-11-5-3-2-4-10(11)6-7-12(13)15/h2-8,14,17H,9H2,1H3. The third-order valence-corrected chi connectivity index (χ3v) is 3.80. The Kier molecular flexibility index (Phi) is 3.50. The predicted octanol–water partition coefficient (Wildman–Crippen LogP) is 2.85. The number of benzene rings is 2. The maximum Gasteiger partial charge on any atom is 0.319 e. The Bertz CT molecular complexity index is 869. The minimum atomic E-state index is -0.921. The minimum absolute atomic E-state index is 0.494. The Labute approximate surface area is 125 Å². The SMILES string of the molecule is COC(=O)C(C[N+](=O)[O-])c1c[nH]c2c1ccc1ccccc12. The molecule has 0 saturated heterocycles. The van der Waals surface area contributed by atoms with E-state index < -0.39 is 23.4 Å². The second-order valence-corrected chi connectivity index (χ2v) is 5.04. The van der Waals surface area contributed by atoms with Gasteiger partial charge in [-0.15, -0.1) is 0 Å². The number of aromatic amines is 1. The molecule has 0 aliphatic rings. The molecule has 22 heavy (non-hydrogen) atoms. The number of nitro groups is 1. The molecule has 1 atom stereocenters. The Morgan fingerprint density at radius 2 is 2.05 bits per heavy atom. The highest BCUT2D eigenvalue weighted by molar-refractivity contribution is 6.07. The number of aromatic nitrogens is 1. The Morgan fingerprint density at radius 1 is 1.27 bits per heavy atom. The van der Waals surface area contributed by atoms with Gasteiger partial charge in [0, 0.05) is 21.9 Å². The van der Waals surface area contributed by atoms with Gasteiger partial charge in [-0.05, 0) is 10.9 Å². The van der Waals surface area contributed by atoms with E-state index in [0.717, 1.165) is 21.7 Å². The van der Waals surface area contributed by atoms with Gasteiger partial charge in [0.25, 0.3) is 0 Å². The zero-order chi connectivity index (χ0) is 15.7. The number of hydrogen-bond acceptors (Lipinski definition) is 4. The van der Waals surface area contributed by atoms with E-state index >= 15 is 0 Å². The first-order valence-electron chi connectivity index (χ1n) is 6.80. The highest BCUT2D eigenvalue weighted by Crippen LogP contribution is 2.31. The van der Waals surface area contributed by atoms with Crippen LogP contribution < -0.4 is 0 Å². The summed E-state index contributed by atoms with van der Waals surface area (Å²) in [5.74, 6) is -1.53. The van der Waals surface area contributed by atoms with Crippen molar-refractivity contribution < 1.29 is 14.5 Å². The number of hydrogen-bond donors (Lipinski definition) is 1. The van der Waals surface area contributed by atoms with Crippen LogP contribution in [0.3, 0.4) is 0 Å². The number of fused-ring (bicyclic) bond motifs is 3. The lowest BCUT2D eigenvalue weighted by atomic mass is 9.97. The van der Waals surface area contributed by atoms with E-state index in [9.17, 15) is 14.9 Å². The number of nitrogens with one attached hydrogen (secondary N) is 1. The van der Waals surface area contributed by atoms with E-state index in [2.05, 4.69) is 4.98 Å². The normalized spacial score (nSPS) is 12.4. The van der Waals surface area contributed by atoms with Gasteiger partial charge in [0.1, 0.15) is 5.92 Å². The van der Waals surface area contributed by atoms with Gasteiger partial charge in [0.15, 0.2) is 0 Å². The summed E-state index contributed by atoms with van der Waals surface area (Å²) < 4.78 is 4.72. The van der Waals surface area contributed by atoms with Crippen molar-refractivity contribution in [3.8, 4) is 0 Å². The zero-order valence-corrected chi connectivity index (χ0v) is 11.9. The smallest absolute Gasteiger partial charge is 0.319 e. The lowest BCUT2D eigenvalue weighted by Gasteiger charge is -2.10. The van der Waals surface area contributed by atoms with Crippen molar-refractivity contribution in [1.82, 2.24) is 4.98 Å². The molecule has 3 aromatic rings. The van der Waals surface area contributed by atoms with Crippen molar-refractivity contribution in [2.75, 3.05) is 13.7 Å². The molecule has 0 aliphatic carbocycles. The number of methoxy groups -OCH3 is 1. The fourth-order valence-electron chi connectivity index (χ4n) is 2.77. The summed E-state index contributed by atoms with van der Waals surface area (Å²) in [6.07, 6.45) is 1.65. The van der Waals surface area contributed by atoms with Crippen LogP contribution in [0.1, 0.15) is 11.5 Å². The number of ether oxygens (including phenoxy) is 1. The molecule has 0 fully saturated rings. The molecule has 0 radical (unpaired) electrons. The number of carbonyl (C=O) groups excluding carboxylic acids is 1. The summed E-state index contributed by atoms with van der Waals surface area (Å²) in [6.45, 7) is -0.494. The van der Waals surface area contributed by atoms with Crippen molar-refractivity contribution in [2.45, 2.75) is 5.92 Å². The van der Waals surface area contributed by atoms with Crippen molar-refractivity contribution in [1.29, 1.82) is 0 Å². The molecule has 112 valence electrons. The second kappa shape index (κ2) is 5.48. The summed E-state index contributed by atoms with van der Waals surface area (Å²) in [7, 11) is 1.24. The van der Waals surface area contributed by atoms with Crippen LogP contribution in [-0.2, 0) is 9.53 Å². The molecule has 6 heteroatoms. The molecule has 0 aliphatic heterocycles. The Hall–Kier alpha value is -2.89. The Balaban J connectivity index is 2.19. The van der Waals surface area contributed by atoms with Gasteiger partial charge in [-0.2, -0.15) is 0 Å².